The lowest BCUT2D eigenvalue weighted by atomic mass is 10.0. The van der Waals surface area contributed by atoms with E-state index in [1.54, 1.807) is 0 Å². The fraction of sp³-hybridized carbons (Fsp3) is 0.819. The van der Waals surface area contributed by atoms with Crippen LogP contribution in [0.2, 0.25) is 0 Å². The average molecular weight is 1090 g/mol. The second-order valence-corrected chi connectivity index (χ2v) is 23.1. The van der Waals surface area contributed by atoms with Crippen LogP contribution in [0.1, 0.15) is 361 Å². The molecule has 0 rings (SSSR count). The maximum atomic E-state index is 12.9. The number of rotatable bonds is 63. The van der Waals surface area contributed by atoms with Crippen molar-refractivity contribution in [1.29, 1.82) is 0 Å². The van der Waals surface area contributed by atoms with E-state index in [9.17, 15) is 14.4 Å². The van der Waals surface area contributed by atoms with E-state index in [2.05, 4.69) is 81.5 Å². The molecule has 0 heterocycles. The largest absolute Gasteiger partial charge is 0.462 e. The van der Waals surface area contributed by atoms with Crippen molar-refractivity contribution in [3.63, 3.8) is 0 Å². The molecular formula is C72H130O6. The molecule has 6 nitrogen and oxygen atoms in total. The SMILES string of the molecule is CCC/C=C\C/C=C\CCCCCCCC(=O)OCC(COC(=O)CCCCCCCCCCCCCC/C=C\C/C=C\C/C=C\CCCCCCC)OC(=O)CCCCCCCCCCCCCCCCCCCCCC. The minimum atomic E-state index is -0.780. The summed E-state index contributed by atoms with van der Waals surface area (Å²) >= 11 is 0. The molecule has 0 aromatic heterocycles. The van der Waals surface area contributed by atoms with Crippen LogP contribution in [0.4, 0.5) is 0 Å². The Kier molecular flexibility index (Phi) is 64.2. The summed E-state index contributed by atoms with van der Waals surface area (Å²) in [6.07, 6.45) is 85.3. The summed E-state index contributed by atoms with van der Waals surface area (Å²) in [5.41, 5.74) is 0. The summed E-state index contributed by atoms with van der Waals surface area (Å²) in [6.45, 7) is 6.61. The standard InChI is InChI=1S/C72H130O6/c1-4-7-10-13-16-19-22-25-27-29-31-33-34-35-36-37-38-39-41-42-44-47-50-53-56-59-62-65-71(74)77-68-69(67-76-70(73)64-61-58-55-52-49-46-24-21-18-15-12-9-6-3)78-72(75)66-63-60-57-54-51-48-45-43-40-32-30-28-26-23-20-17-14-11-8-5-2/h12,15,21-22,24-25,29,31,34-35,69H,4-11,13-14,16-20,23,26-28,30,32-33,36-68H2,1-3H3/b15-12-,24-21-,25-22-,31-29-,35-34-. The number of carbonyl (C=O) groups is 3. The Hall–Kier alpha value is -2.89. The van der Waals surface area contributed by atoms with Crippen LogP contribution >= 0.6 is 0 Å². The Morgan fingerprint density at radius 3 is 0.769 bits per heavy atom. The van der Waals surface area contributed by atoms with Gasteiger partial charge in [-0.15, -0.1) is 0 Å². The minimum Gasteiger partial charge on any atom is -0.462 e. The summed E-state index contributed by atoms with van der Waals surface area (Å²) in [5.74, 6) is -0.871. The number of unbranched alkanes of at least 4 members (excludes halogenated alkanes) is 42. The minimum absolute atomic E-state index is 0.0761. The van der Waals surface area contributed by atoms with Crippen molar-refractivity contribution in [2.45, 2.75) is 367 Å². The molecule has 0 aromatic carbocycles. The van der Waals surface area contributed by atoms with Crippen molar-refractivity contribution in [1.82, 2.24) is 0 Å². The summed E-state index contributed by atoms with van der Waals surface area (Å²) in [6, 6.07) is 0. The van der Waals surface area contributed by atoms with Crippen molar-refractivity contribution < 1.29 is 28.6 Å². The lowest BCUT2D eigenvalue weighted by molar-refractivity contribution is -0.167. The lowest BCUT2D eigenvalue weighted by Gasteiger charge is -2.18. The molecule has 0 aromatic rings. The van der Waals surface area contributed by atoms with Crippen LogP contribution in [-0.4, -0.2) is 37.2 Å². The molecule has 0 radical (unpaired) electrons. The molecule has 0 saturated heterocycles. The van der Waals surface area contributed by atoms with Crippen LogP contribution in [0, 0.1) is 0 Å². The molecule has 6 heteroatoms. The molecule has 0 amide bonds. The van der Waals surface area contributed by atoms with Gasteiger partial charge in [-0.1, -0.05) is 319 Å². The van der Waals surface area contributed by atoms with E-state index < -0.39 is 6.10 Å². The van der Waals surface area contributed by atoms with E-state index in [0.29, 0.717) is 19.3 Å². The van der Waals surface area contributed by atoms with Crippen molar-refractivity contribution >= 4 is 17.9 Å². The number of ether oxygens (including phenoxy) is 3. The van der Waals surface area contributed by atoms with Gasteiger partial charge in [-0.3, -0.25) is 14.4 Å². The van der Waals surface area contributed by atoms with Crippen LogP contribution in [0.5, 0.6) is 0 Å². The first-order valence-electron chi connectivity index (χ1n) is 34.3. The van der Waals surface area contributed by atoms with Gasteiger partial charge in [0.2, 0.25) is 0 Å². The molecule has 1 atom stereocenters. The molecule has 0 N–H and O–H groups in total. The van der Waals surface area contributed by atoms with Gasteiger partial charge in [-0.25, -0.2) is 0 Å². The van der Waals surface area contributed by atoms with Crippen molar-refractivity contribution in [3.05, 3.63) is 60.8 Å². The first-order chi connectivity index (χ1) is 38.5. The third-order valence-corrected chi connectivity index (χ3v) is 15.2. The summed E-state index contributed by atoms with van der Waals surface area (Å²) in [7, 11) is 0. The van der Waals surface area contributed by atoms with Gasteiger partial charge in [0, 0.05) is 19.3 Å². The smallest absolute Gasteiger partial charge is 0.306 e. The van der Waals surface area contributed by atoms with E-state index in [0.717, 1.165) is 96.3 Å². The topological polar surface area (TPSA) is 78.9 Å². The molecule has 0 aliphatic rings. The van der Waals surface area contributed by atoms with E-state index in [1.165, 1.54) is 225 Å². The molecule has 0 fully saturated rings. The predicted octanol–water partition coefficient (Wildman–Crippen LogP) is 23.5. The Morgan fingerprint density at radius 1 is 0.256 bits per heavy atom. The summed E-state index contributed by atoms with van der Waals surface area (Å²) < 4.78 is 17.0. The Labute approximate surface area is 485 Å². The quantitative estimate of drug-likeness (QED) is 0.0261. The van der Waals surface area contributed by atoms with E-state index >= 15 is 0 Å². The van der Waals surface area contributed by atoms with Gasteiger partial charge in [-0.2, -0.15) is 0 Å². The van der Waals surface area contributed by atoms with Crippen LogP contribution in [0.15, 0.2) is 60.8 Å². The average Bonchev–Trinajstić information content (AvgIpc) is 3.44. The normalized spacial score (nSPS) is 12.4. The Bertz CT molecular complexity index is 1390. The fourth-order valence-electron chi connectivity index (χ4n) is 10.1. The highest BCUT2D eigenvalue weighted by Crippen LogP contribution is 2.18. The molecule has 0 aliphatic heterocycles. The van der Waals surface area contributed by atoms with Gasteiger partial charge in [0.15, 0.2) is 6.10 Å². The van der Waals surface area contributed by atoms with Crippen LogP contribution in [0.3, 0.4) is 0 Å². The molecule has 0 bridgehead atoms. The molecule has 1 unspecified atom stereocenters. The third-order valence-electron chi connectivity index (χ3n) is 15.2. The summed E-state index contributed by atoms with van der Waals surface area (Å²) in [5, 5.41) is 0. The first kappa shape index (κ1) is 75.1. The molecule has 0 spiro atoms. The van der Waals surface area contributed by atoms with Crippen molar-refractivity contribution in [2.24, 2.45) is 0 Å². The highest BCUT2D eigenvalue weighted by Gasteiger charge is 2.19. The number of hydrogen-bond donors (Lipinski definition) is 0. The molecular weight excluding hydrogens is 961 g/mol. The fourth-order valence-corrected chi connectivity index (χ4v) is 10.1. The highest BCUT2D eigenvalue weighted by molar-refractivity contribution is 5.71. The second-order valence-electron chi connectivity index (χ2n) is 23.1. The maximum Gasteiger partial charge on any atom is 0.306 e. The predicted molar refractivity (Wildman–Crippen MR) is 339 cm³/mol. The zero-order chi connectivity index (χ0) is 56.4. The first-order valence-corrected chi connectivity index (χ1v) is 34.3. The Balaban J connectivity index is 4.25. The van der Waals surface area contributed by atoms with Gasteiger partial charge in [0.05, 0.1) is 0 Å². The van der Waals surface area contributed by atoms with Gasteiger partial charge < -0.3 is 14.2 Å². The number of esters is 3. The van der Waals surface area contributed by atoms with E-state index in [1.807, 2.05) is 0 Å². The monoisotopic (exact) mass is 1090 g/mol. The zero-order valence-corrected chi connectivity index (χ0v) is 52.2. The van der Waals surface area contributed by atoms with Gasteiger partial charge in [0.25, 0.3) is 0 Å². The van der Waals surface area contributed by atoms with Gasteiger partial charge in [0.1, 0.15) is 13.2 Å². The lowest BCUT2D eigenvalue weighted by Crippen LogP contribution is -2.30. The van der Waals surface area contributed by atoms with Crippen LogP contribution in [-0.2, 0) is 28.6 Å². The van der Waals surface area contributed by atoms with Gasteiger partial charge >= 0.3 is 17.9 Å². The Morgan fingerprint density at radius 2 is 0.487 bits per heavy atom. The number of allylic oxidation sites excluding steroid dienone is 10. The zero-order valence-electron chi connectivity index (χ0n) is 52.2. The molecule has 0 saturated carbocycles. The van der Waals surface area contributed by atoms with E-state index in [4.69, 9.17) is 14.2 Å². The van der Waals surface area contributed by atoms with Gasteiger partial charge in [-0.05, 0) is 83.5 Å². The maximum absolute atomic E-state index is 12.9. The van der Waals surface area contributed by atoms with Crippen LogP contribution < -0.4 is 0 Å². The highest BCUT2D eigenvalue weighted by atomic mass is 16.6. The van der Waals surface area contributed by atoms with E-state index in [-0.39, 0.29) is 31.1 Å². The van der Waals surface area contributed by atoms with Crippen LogP contribution in [0.25, 0.3) is 0 Å². The van der Waals surface area contributed by atoms with Crippen molar-refractivity contribution in [2.75, 3.05) is 13.2 Å². The number of hydrogen-bond acceptors (Lipinski definition) is 6. The molecule has 454 valence electrons. The second kappa shape index (κ2) is 66.6. The molecule has 0 aliphatic carbocycles. The van der Waals surface area contributed by atoms with Crippen molar-refractivity contribution in [3.8, 4) is 0 Å². The number of carbonyl (C=O) groups excluding carboxylic acids is 3. The third kappa shape index (κ3) is 63.9. The summed E-state index contributed by atoms with van der Waals surface area (Å²) in [4.78, 5) is 38.4. The molecule has 78 heavy (non-hydrogen) atoms.